The molecule has 5 heteroatoms. The molecule has 0 fully saturated rings. The van der Waals surface area contributed by atoms with Gasteiger partial charge in [-0.2, -0.15) is 0 Å². The number of halogens is 1. The van der Waals surface area contributed by atoms with Crippen molar-refractivity contribution in [1.82, 2.24) is 0 Å². The molecule has 0 N–H and O–H groups in total. The Morgan fingerprint density at radius 1 is 1.36 bits per heavy atom. The number of alkyl halides is 1. The van der Waals surface area contributed by atoms with Crippen molar-refractivity contribution in [3.63, 3.8) is 0 Å². The number of hydrogen-bond donors (Lipinski definition) is 0. The van der Waals surface area contributed by atoms with Crippen LogP contribution in [0.1, 0.15) is 20.8 Å². The standard InChI is InChI=1S/C6H14BrO3P/c1-4-9-11(8,6(3)7)10-5-2/h6H,4-5H2,1-3H3/t6-/m1/s1. The first-order valence-corrected chi connectivity index (χ1v) is 6.12. The molecule has 0 aromatic carbocycles. The van der Waals surface area contributed by atoms with Gasteiger partial charge in [0.1, 0.15) is 4.57 Å². The van der Waals surface area contributed by atoms with E-state index in [0.29, 0.717) is 13.2 Å². The molecule has 0 rings (SSSR count). The summed E-state index contributed by atoms with van der Waals surface area (Å²) in [4.78, 5) is 0. The molecular formula is C6H14BrO3P. The fourth-order valence-electron chi connectivity index (χ4n) is 0.603. The molecule has 11 heavy (non-hydrogen) atoms. The Balaban J connectivity index is 4.14. The van der Waals surface area contributed by atoms with E-state index in [1.807, 2.05) is 0 Å². The molecule has 0 aromatic rings. The molecule has 0 amide bonds. The van der Waals surface area contributed by atoms with Crippen molar-refractivity contribution in [2.75, 3.05) is 13.2 Å². The second-order valence-corrected chi connectivity index (χ2v) is 6.40. The Bertz CT molecular complexity index is 139. The summed E-state index contributed by atoms with van der Waals surface area (Å²) in [6.45, 7) is 6.16. The van der Waals surface area contributed by atoms with Gasteiger partial charge in [-0.3, -0.25) is 4.57 Å². The predicted octanol–water partition coefficient (Wildman–Crippen LogP) is 2.99. The van der Waals surface area contributed by atoms with E-state index in [-0.39, 0.29) is 4.57 Å². The molecule has 0 unspecified atom stereocenters. The van der Waals surface area contributed by atoms with Crippen molar-refractivity contribution in [1.29, 1.82) is 0 Å². The van der Waals surface area contributed by atoms with E-state index in [1.54, 1.807) is 20.8 Å². The monoisotopic (exact) mass is 244 g/mol. The van der Waals surface area contributed by atoms with Crippen molar-refractivity contribution in [3.8, 4) is 0 Å². The maximum absolute atomic E-state index is 11.6. The first-order chi connectivity index (χ1) is 5.06. The molecule has 1 atom stereocenters. The van der Waals surface area contributed by atoms with Crippen molar-refractivity contribution >= 4 is 23.5 Å². The van der Waals surface area contributed by atoms with E-state index < -0.39 is 7.60 Å². The zero-order valence-corrected chi connectivity index (χ0v) is 9.52. The summed E-state index contributed by atoms with van der Waals surface area (Å²) in [5, 5.41) is 0. The van der Waals surface area contributed by atoms with Gasteiger partial charge in [-0.05, 0) is 20.8 Å². The zero-order valence-electron chi connectivity index (χ0n) is 7.04. The van der Waals surface area contributed by atoms with Gasteiger partial charge in [0, 0.05) is 0 Å². The minimum absolute atomic E-state index is 0.241. The maximum atomic E-state index is 11.6. The highest BCUT2D eigenvalue weighted by molar-refractivity contribution is 9.10. The molecule has 0 radical (unpaired) electrons. The van der Waals surface area contributed by atoms with Gasteiger partial charge in [-0.1, -0.05) is 15.9 Å². The predicted molar refractivity (Wildman–Crippen MR) is 49.2 cm³/mol. The van der Waals surface area contributed by atoms with Crippen molar-refractivity contribution < 1.29 is 13.6 Å². The maximum Gasteiger partial charge on any atom is 0.343 e. The molecule has 0 aliphatic carbocycles. The smallest absolute Gasteiger partial charge is 0.308 e. The van der Waals surface area contributed by atoms with Crippen LogP contribution in [0.25, 0.3) is 0 Å². The SMILES string of the molecule is CCOP(=O)(OCC)[C@H](C)Br. The number of hydrogen-bond acceptors (Lipinski definition) is 3. The van der Waals surface area contributed by atoms with Crippen LogP contribution in [-0.4, -0.2) is 17.8 Å². The summed E-state index contributed by atoms with van der Waals surface area (Å²) in [6.07, 6.45) is 0. The highest BCUT2D eigenvalue weighted by Crippen LogP contribution is 2.55. The average molecular weight is 245 g/mol. The van der Waals surface area contributed by atoms with Gasteiger partial charge in [0.25, 0.3) is 0 Å². The second kappa shape index (κ2) is 5.31. The minimum Gasteiger partial charge on any atom is -0.308 e. The van der Waals surface area contributed by atoms with Gasteiger partial charge in [0.05, 0.1) is 13.2 Å². The van der Waals surface area contributed by atoms with Gasteiger partial charge in [-0.25, -0.2) is 0 Å². The first-order valence-electron chi connectivity index (χ1n) is 3.59. The fraction of sp³-hybridized carbons (Fsp3) is 1.00. The third-order valence-electron chi connectivity index (χ3n) is 1.05. The first kappa shape index (κ1) is 11.6. The van der Waals surface area contributed by atoms with Crippen molar-refractivity contribution in [2.45, 2.75) is 25.3 Å². The Kier molecular flexibility index (Phi) is 5.61. The van der Waals surface area contributed by atoms with E-state index in [4.69, 9.17) is 9.05 Å². The fourth-order valence-corrected chi connectivity index (χ4v) is 2.52. The second-order valence-electron chi connectivity index (χ2n) is 1.95. The Morgan fingerprint density at radius 2 is 1.73 bits per heavy atom. The van der Waals surface area contributed by atoms with Crippen LogP contribution in [0.2, 0.25) is 0 Å². The molecule has 68 valence electrons. The van der Waals surface area contributed by atoms with Gasteiger partial charge < -0.3 is 9.05 Å². The van der Waals surface area contributed by atoms with Gasteiger partial charge >= 0.3 is 7.60 Å². The molecule has 3 nitrogen and oxygen atoms in total. The van der Waals surface area contributed by atoms with E-state index in [1.165, 1.54) is 0 Å². The molecule has 0 heterocycles. The molecule has 0 saturated carbocycles. The summed E-state index contributed by atoms with van der Waals surface area (Å²) in [7, 11) is -2.87. The van der Waals surface area contributed by atoms with Gasteiger partial charge in [0.2, 0.25) is 0 Å². The summed E-state index contributed by atoms with van der Waals surface area (Å²) in [5.41, 5.74) is 0. The Morgan fingerprint density at radius 3 is 1.91 bits per heavy atom. The van der Waals surface area contributed by atoms with Crippen LogP contribution >= 0.6 is 23.5 Å². The van der Waals surface area contributed by atoms with Crippen LogP contribution in [0, 0.1) is 0 Å². The molecular weight excluding hydrogens is 231 g/mol. The van der Waals surface area contributed by atoms with Crippen LogP contribution in [-0.2, 0) is 13.6 Å². The summed E-state index contributed by atoms with van der Waals surface area (Å²) >= 11 is 3.19. The Hall–Kier alpha value is 0.630. The van der Waals surface area contributed by atoms with Crippen molar-refractivity contribution in [3.05, 3.63) is 0 Å². The quantitative estimate of drug-likeness (QED) is 0.551. The molecule has 0 saturated heterocycles. The topological polar surface area (TPSA) is 35.5 Å². The average Bonchev–Trinajstić information content (AvgIpc) is 1.88. The lowest BCUT2D eigenvalue weighted by Crippen LogP contribution is -2.02. The van der Waals surface area contributed by atoms with E-state index in [0.717, 1.165) is 0 Å². The van der Waals surface area contributed by atoms with Crippen LogP contribution in [0.15, 0.2) is 0 Å². The molecule has 0 bridgehead atoms. The van der Waals surface area contributed by atoms with Gasteiger partial charge in [0.15, 0.2) is 0 Å². The van der Waals surface area contributed by atoms with Gasteiger partial charge in [-0.15, -0.1) is 0 Å². The summed E-state index contributed by atoms with van der Waals surface area (Å²) in [5.74, 6) is 0. The Labute approximate surface area is 76.1 Å². The zero-order chi connectivity index (χ0) is 8.91. The van der Waals surface area contributed by atoms with Crippen LogP contribution in [0.5, 0.6) is 0 Å². The van der Waals surface area contributed by atoms with E-state index in [2.05, 4.69) is 15.9 Å². The van der Waals surface area contributed by atoms with E-state index >= 15 is 0 Å². The highest BCUT2D eigenvalue weighted by Gasteiger charge is 2.29. The molecule has 0 aliphatic heterocycles. The van der Waals surface area contributed by atoms with Crippen LogP contribution < -0.4 is 0 Å². The lowest BCUT2D eigenvalue weighted by molar-refractivity contribution is 0.219. The third kappa shape index (κ3) is 3.70. The summed E-state index contributed by atoms with van der Waals surface area (Å²) in [6, 6.07) is 0. The number of rotatable bonds is 5. The molecule has 0 aromatic heterocycles. The third-order valence-corrected chi connectivity index (χ3v) is 4.67. The van der Waals surface area contributed by atoms with Crippen LogP contribution in [0.3, 0.4) is 0 Å². The largest absolute Gasteiger partial charge is 0.343 e. The molecule has 0 aliphatic rings. The molecule has 0 spiro atoms. The van der Waals surface area contributed by atoms with E-state index in [9.17, 15) is 4.57 Å². The lowest BCUT2D eigenvalue weighted by atomic mass is 10.9. The minimum atomic E-state index is -2.87. The highest BCUT2D eigenvalue weighted by atomic mass is 79.9. The van der Waals surface area contributed by atoms with Crippen molar-refractivity contribution in [2.24, 2.45) is 0 Å². The van der Waals surface area contributed by atoms with Crippen LogP contribution in [0.4, 0.5) is 0 Å². The lowest BCUT2D eigenvalue weighted by Gasteiger charge is -2.18. The summed E-state index contributed by atoms with van der Waals surface area (Å²) < 4.78 is 21.4. The normalized spacial score (nSPS) is 14.9.